The number of aryl methyl sites for hydroxylation is 1. The van der Waals surface area contributed by atoms with Gasteiger partial charge in [-0.3, -0.25) is 4.79 Å². The molecule has 1 aliphatic heterocycles. The first kappa shape index (κ1) is 19.4. The Morgan fingerprint density at radius 2 is 1.93 bits per heavy atom. The molecule has 0 N–H and O–H groups in total. The van der Waals surface area contributed by atoms with E-state index < -0.39 is 0 Å². The van der Waals surface area contributed by atoms with Gasteiger partial charge in [0.1, 0.15) is 5.69 Å². The molecular weight excluding hydrogens is 366 g/mol. The standard InChI is InChI=1S/C22H27N5O2/c1-14(2)20-13-19(21-24-23-16(4)29-21)25-27(20)18-10-8-17(9-11-18)22(28)26-12-6-5-7-15(26)3/h8-11,13-15H,5-7,12H2,1-4H3/t15-/m0/s1. The highest BCUT2D eigenvalue weighted by atomic mass is 16.4. The molecule has 0 aliphatic carbocycles. The Morgan fingerprint density at radius 1 is 1.17 bits per heavy atom. The zero-order chi connectivity index (χ0) is 20.5. The number of likely N-dealkylation sites (tertiary alicyclic amines) is 1. The van der Waals surface area contributed by atoms with Crippen molar-refractivity contribution >= 4 is 5.91 Å². The Balaban J connectivity index is 1.63. The van der Waals surface area contributed by atoms with Crippen LogP contribution in [0.3, 0.4) is 0 Å². The number of carbonyl (C=O) groups excluding carboxylic acids is 1. The number of piperidine rings is 1. The summed E-state index contributed by atoms with van der Waals surface area (Å²) < 4.78 is 7.42. The smallest absolute Gasteiger partial charge is 0.268 e. The molecule has 3 aromatic rings. The SMILES string of the molecule is Cc1nnc(-c2cc(C(C)C)n(-c3ccc(C(=O)N4CCCC[C@@H]4C)cc3)n2)o1. The molecule has 4 rings (SSSR count). The molecule has 1 aliphatic rings. The summed E-state index contributed by atoms with van der Waals surface area (Å²) in [7, 11) is 0. The predicted octanol–water partition coefficient (Wildman–Crippen LogP) is 4.37. The van der Waals surface area contributed by atoms with E-state index in [-0.39, 0.29) is 11.8 Å². The highest BCUT2D eigenvalue weighted by Crippen LogP contribution is 2.26. The lowest BCUT2D eigenvalue weighted by atomic mass is 10.0. The lowest BCUT2D eigenvalue weighted by Gasteiger charge is -2.33. The monoisotopic (exact) mass is 393 g/mol. The van der Waals surface area contributed by atoms with Crippen molar-refractivity contribution in [3.05, 3.63) is 47.5 Å². The lowest BCUT2D eigenvalue weighted by Crippen LogP contribution is -2.42. The number of hydrogen-bond donors (Lipinski definition) is 0. The van der Waals surface area contributed by atoms with Crippen LogP contribution >= 0.6 is 0 Å². The molecule has 0 saturated carbocycles. The van der Waals surface area contributed by atoms with Gasteiger partial charge in [0.15, 0.2) is 0 Å². The second-order valence-corrected chi connectivity index (χ2v) is 8.04. The number of rotatable bonds is 4. The first-order chi connectivity index (χ1) is 13.9. The summed E-state index contributed by atoms with van der Waals surface area (Å²) in [4.78, 5) is 14.9. The van der Waals surface area contributed by atoms with Gasteiger partial charge in [0.05, 0.1) is 5.69 Å². The van der Waals surface area contributed by atoms with E-state index in [9.17, 15) is 4.79 Å². The molecule has 3 heterocycles. The number of amides is 1. The molecule has 1 aromatic carbocycles. The second-order valence-electron chi connectivity index (χ2n) is 8.04. The molecule has 1 atom stereocenters. The molecule has 1 fully saturated rings. The zero-order valence-corrected chi connectivity index (χ0v) is 17.4. The number of aromatic nitrogens is 4. The number of benzene rings is 1. The maximum atomic E-state index is 12.9. The van der Waals surface area contributed by atoms with Crippen LogP contribution in [0.1, 0.15) is 67.9 Å². The van der Waals surface area contributed by atoms with Crippen molar-refractivity contribution in [3.8, 4) is 17.3 Å². The maximum absolute atomic E-state index is 12.9. The molecule has 152 valence electrons. The van der Waals surface area contributed by atoms with Crippen molar-refractivity contribution in [2.45, 2.75) is 58.9 Å². The molecule has 1 amide bonds. The van der Waals surface area contributed by atoms with Crippen molar-refractivity contribution in [3.63, 3.8) is 0 Å². The highest BCUT2D eigenvalue weighted by Gasteiger charge is 2.24. The molecule has 2 aromatic heterocycles. The summed E-state index contributed by atoms with van der Waals surface area (Å²) in [5.74, 6) is 1.29. The molecule has 0 bridgehead atoms. The summed E-state index contributed by atoms with van der Waals surface area (Å²) in [6.45, 7) is 8.96. The Labute approximate surface area is 170 Å². The van der Waals surface area contributed by atoms with Gasteiger partial charge in [0, 0.05) is 30.8 Å². The van der Waals surface area contributed by atoms with Crippen molar-refractivity contribution in [2.24, 2.45) is 0 Å². The quantitative estimate of drug-likeness (QED) is 0.658. The van der Waals surface area contributed by atoms with E-state index in [1.54, 1.807) is 6.92 Å². The largest absolute Gasteiger partial charge is 0.420 e. The Morgan fingerprint density at radius 3 is 2.55 bits per heavy atom. The van der Waals surface area contributed by atoms with Gasteiger partial charge in [-0.1, -0.05) is 13.8 Å². The fourth-order valence-electron chi connectivity index (χ4n) is 3.83. The zero-order valence-electron chi connectivity index (χ0n) is 17.4. The molecule has 7 nitrogen and oxygen atoms in total. The van der Waals surface area contributed by atoms with Gasteiger partial charge in [-0.2, -0.15) is 5.10 Å². The van der Waals surface area contributed by atoms with Crippen molar-refractivity contribution < 1.29 is 9.21 Å². The van der Waals surface area contributed by atoms with E-state index >= 15 is 0 Å². The number of carbonyl (C=O) groups is 1. The van der Waals surface area contributed by atoms with Crippen LogP contribution in [0.2, 0.25) is 0 Å². The van der Waals surface area contributed by atoms with E-state index in [0.29, 0.717) is 29.1 Å². The molecule has 0 unspecified atom stereocenters. The normalized spacial score (nSPS) is 17.1. The van der Waals surface area contributed by atoms with Crippen LogP contribution in [-0.2, 0) is 0 Å². The highest BCUT2D eigenvalue weighted by molar-refractivity contribution is 5.94. The lowest BCUT2D eigenvalue weighted by molar-refractivity contribution is 0.0635. The second kappa shape index (κ2) is 7.81. The average Bonchev–Trinajstić information content (AvgIpc) is 3.34. The Bertz CT molecular complexity index is 1000. The summed E-state index contributed by atoms with van der Waals surface area (Å²) in [5.41, 5.74) is 3.31. The van der Waals surface area contributed by atoms with Gasteiger partial charge < -0.3 is 9.32 Å². The number of nitrogens with zero attached hydrogens (tertiary/aromatic N) is 5. The van der Waals surface area contributed by atoms with E-state index in [0.717, 1.165) is 30.8 Å². The van der Waals surface area contributed by atoms with Gasteiger partial charge in [-0.05, 0) is 62.4 Å². The van der Waals surface area contributed by atoms with Crippen LogP contribution in [0.5, 0.6) is 0 Å². The van der Waals surface area contributed by atoms with Gasteiger partial charge in [-0.25, -0.2) is 4.68 Å². The molecular formula is C22H27N5O2. The molecule has 29 heavy (non-hydrogen) atoms. The van der Waals surface area contributed by atoms with Gasteiger partial charge in [0.25, 0.3) is 11.8 Å². The topological polar surface area (TPSA) is 77.1 Å². The fourth-order valence-corrected chi connectivity index (χ4v) is 3.83. The minimum atomic E-state index is 0.107. The minimum absolute atomic E-state index is 0.107. The average molecular weight is 393 g/mol. The summed E-state index contributed by atoms with van der Waals surface area (Å²) in [6, 6.07) is 9.96. The van der Waals surface area contributed by atoms with Gasteiger partial charge >= 0.3 is 0 Å². The Kier molecular flexibility index (Phi) is 5.22. The summed E-state index contributed by atoms with van der Waals surface area (Å²) in [5, 5.41) is 12.7. The van der Waals surface area contributed by atoms with E-state index in [2.05, 4.69) is 36.1 Å². The predicted molar refractivity (Wildman–Crippen MR) is 110 cm³/mol. The van der Waals surface area contributed by atoms with Crippen LogP contribution in [0.25, 0.3) is 17.3 Å². The third kappa shape index (κ3) is 3.81. The third-order valence-corrected chi connectivity index (χ3v) is 5.50. The molecule has 0 radical (unpaired) electrons. The van der Waals surface area contributed by atoms with Crippen LogP contribution in [0, 0.1) is 6.92 Å². The van der Waals surface area contributed by atoms with Crippen LogP contribution in [0.4, 0.5) is 0 Å². The number of hydrogen-bond acceptors (Lipinski definition) is 5. The first-order valence-corrected chi connectivity index (χ1v) is 10.3. The van der Waals surface area contributed by atoms with Crippen molar-refractivity contribution in [1.29, 1.82) is 0 Å². The van der Waals surface area contributed by atoms with Gasteiger partial charge in [0.2, 0.25) is 5.89 Å². The van der Waals surface area contributed by atoms with E-state index in [1.165, 1.54) is 6.42 Å². The van der Waals surface area contributed by atoms with Gasteiger partial charge in [-0.15, -0.1) is 10.2 Å². The maximum Gasteiger partial charge on any atom is 0.268 e. The van der Waals surface area contributed by atoms with E-state index in [4.69, 9.17) is 4.42 Å². The van der Waals surface area contributed by atoms with Crippen molar-refractivity contribution in [2.75, 3.05) is 6.54 Å². The Hall–Kier alpha value is -2.96. The summed E-state index contributed by atoms with van der Waals surface area (Å²) >= 11 is 0. The molecule has 7 heteroatoms. The van der Waals surface area contributed by atoms with Crippen molar-refractivity contribution in [1.82, 2.24) is 24.9 Å². The third-order valence-electron chi connectivity index (χ3n) is 5.50. The minimum Gasteiger partial charge on any atom is -0.420 e. The van der Waals surface area contributed by atoms with Crippen LogP contribution in [0.15, 0.2) is 34.7 Å². The molecule has 1 saturated heterocycles. The summed E-state index contributed by atoms with van der Waals surface area (Å²) in [6.07, 6.45) is 3.35. The van der Waals surface area contributed by atoms with Crippen LogP contribution < -0.4 is 0 Å². The first-order valence-electron chi connectivity index (χ1n) is 10.3. The van der Waals surface area contributed by atoms with Crippen LogP contribution in [-0.4, -0.2) is 43.4 Å². The fraction of sp³-hybridized carbons (Fsp3) is 0.455. The van der Waals surface area contributed by atoms with E-state index in [1.807, 2.05) is 39.9 Å². The molecule has 0 spiro atoms.